The van der Waals surface area contributed by atoms with E-state index in [1.54, 1.807) is 18.2 Å². The van der Waals surface area contributed by atoms with Crippen LogP contribution < -0.4 is 0 Å². The summed E-state index contributed by atoms with van der Waals surface area (Å²) in [6.07, 6.45) is 1.60. The molecule has 23 heavy (non-hydrogen) atoms. The molecule has 120 valence electrons. The molecule has 7 heteroatoms. The Labute approximate surface area is 145 Å². The predicted octanol–water partition coefficient (Wildman–Crippen LogP) is 4.10. The Morgan fingerprint density at radius 1 is 1.09 bits per heavy atom. The van der Waals surface area contributed by atoms with E-state index in [1.807, 2.05) is 30.3 Å². The summed E-state index contributed by atoms with van der Waals surface area (Å²) in [5.41, 5.74) is 2.28. The number of benzene rings is 2. The number of sulfonamides is 1. The molecule has 0 saturated carbocycles. The largest absolute Gasteiger partial charge is 0.247 e. The lowest BCUT2D eigenvalue weighted by Gasteiger charge is -2.22. The van der Waals surface area contributed by atoms with Crippen molar-refractivity contribution in [1.82, 2.24) is 4.41 Å². The monoisotopic (exact) mass is 368 g/mol. The molecule has 0 N–H and O–H groups in total. The van der Waals surface area contributed by atoms with Crippen molar-refractivity contribution in [3.05, 3.63) is 69.7 Å². The normalized spacial score (nSPS) is 18.1. The molecule has 1 unspecified atom stereocenters. The Kier molecular flexibility index (Phi) is 4.36. The van der Waals surface area contributed by atoms with Crippen molar-refractivity contribution in [2.75, 3.05) is 6.26 Å². The highest BCUT2D eigenvalue weighted by Crippen LogP contribution is 2.37. The number of halogens is 2. The summed E-state index contributed by atoms with van der Waals surface area (Å²) in [4.78, 5) is 0. The summed E-state index contributed by atoms with van der Waals surface area (Å²) in [6, 6.07) is 14.0. The molecule has 1 aliphatic rings. The third-order valence-corrected chi connectivity index (χ3v) is 5.27. The summed E-state index contributed by atoms with van der Waals surface area (Å²) < 4.78 is 25.4. The highest BCUT2D eigenvalue weighted by molar-refractivity contribution is 7.88. The van der Waals surface area contributed by atoms with Gasteiger partial charge in [0.25, 0.3) is 0 Å². The van der Waals surface area contributed by atoms with Crippen LogP contribution in [-0.4, -0.2) is 24.8 Å². The van der Waals surface area contributed by atoms with Crippen molar-refractivity contribution in [3.8, 4) is 0 Å². The van der Waals surface area contributed by atoms with Crippen LogP contribution in [0.5, 0.6) is 0 Å². The minimum Gasteiger partial charge on any atom is -0.205 e. The highest BCUT2D eigenvalue weighted by Gasteiger charge is 2.35. The molecule has 0 aromatic heterocycles. The van der Waals surface area contributed by atoms with Crippen LogP contribution in [-0.2, 0) is 10.0 Å². The van der Waals surface area contributed by atoms with Crippen molar-refractivity contribution in [1.29, 1.82) is 0 Å². The fourth-order valence-electron chi connectivity index (χ4n) is 2.59. The van der Waals surface area contributed by atoms with Gasteiger partial charge in [-0.3, -0.25) is 0 Å². The first-order valence-electron chi connectivity index (χ1n) is 6.93. The van der Waals surface area contributed by atoms with Crippen molar-refractivity contribution in [2.45, 2.75) is 12.5 Å². The fraction of sp³-hybridized carbons (Fsp3) is 0.188. The van der Waals surface area contributed by atoms with Gasteiger partial charge in [-0.2, -0.15) is 9.52 Å². The molecule has 0 radical (unpaired) electrons. The first kappa shape index (κ1) is 16.3. The lowest BCUT2D eigenvalue weighted by atomic mass is 9.99. The maximum atomic E-state index is 12.1. The minimum absolute atomic E-state index is 0.440. The Hall–Kier alpha value is -1.56. The van der Waals surface area contributed by atoms with E-state index in [4.69, 9.17) is 23.2 Å². The fourth-order valence-corrected chi connectivity index (χ4v) is 3.87. The van der Waals surface area contributed by atoms with E-state index in [0.717, 1.165) is 21.8 Å². The molecular formula is C16H14Cl2N2O2S. The third kappa shape index (κ3) is 3.37. The zero-order chi connectivity index (χ0) is 16.6. The molecule has 0 amide bonds. The van der Waals surface area contributed by atoms with Gasteiger partial charge < -0.3 is 0 Å². The zero-order valence-corrected chi connectivity index (χ0v) is 14.6. The second-order valence-corrected chi connectivity index (χ2v) is 8.01. The van der Waals surface area contributed by atoms with Gasteiger partial charge in [-0.15, -0.1) is 0 Å². The van der Waals surface area contributed by atoms with Crippen LogP contribution in [0.4, 0.5) is 0 Å². The van der Waals surface area contributed by atoms with Gasteiger partial charge in [0, 0.05) is 16.5 Å². The van der Waals surface area contributed by atoms with Crippen LogP contribution in [0.15, 0.2) is 53.6 Å². The molecule has 2 aromatic carbocycles. The van der Waals surface area contributed by atoms with Crippen molar-refractivity contribution in [3.63, 3.8) is 0 Å². The summed E-state index contributed by atoms with van der Waals surface area (Å²) in [7, 11) is -3.50. The second-order valence-electron chi connectivity index (χ2n) is 5.33. The molecule has 1 heterocycles. The number of hydrogen-bond donors (Lipinski definition) is 0. The third-order valence-electron chi connectivity index (χ3n) is 3.65. The van der Waals surface area contributed by atoms with E-state index in [2.05, 4.69) is 5.10 Å². The van der Waals surface area contributed by atoms with Gasteiger partial charge in [-0.25, -0.2) is 8.42 Å². The SMILES string of the molecule is CS(=O)(=O)N1N=C(c2ccc(Cl)cc2)CC1c1ccccc1Cl. The molecule has 0 fully saturated rings. The van der Waals surface area contributed by atoms with Crippen LogP contribution in [0, 0.1) is 0 Å². The number of hydrogen-bond acceptors (Lipinski definition) is 3. The molecule has 0 bridgehead atoms. The Morgan fingerprint density at radius 3 is 2.35 bits per heavy atom. The van der Waals surface area contributed by atoms with Crippen LogP contribution >= 0.6 is 23.2 Å². The molecule has 1 aliphatic heterocycles. The van der Waals surface area contributed by atoms with E-state index in [9.17, 15) is 8.42 Å². The Morgan fingerprint density at radius 2 is 1.74 bits per heavy atom. The molecule has 0 spiro atoms. The van der Waals surface area contributed by atoms with Crippen LogP contribution in [0.2, 0.25) is 10.0 Å². The summed E-state index contributed by atoms with van der Waals surface area (Å²) in [5.74, 6) is 0. The van der Waals surface area contributed by atoms with Crippen LogP contribution in [0.3, 0.4) is 0 Å². The van der Waals surface area contributed by atoms with Crippen molar-refractivity contribution in [2.24, 2.45) is 5.10 Å². The minimum atomic E-state index is -3.50. The average Bonchev–Trinajstić information content (AvgIpc) is 2.93. The number of rotatable bonds is 3. The predicted molar refractivity (Wildman–Crippen MR) is 93.5 cm³/mol. The average molecular weight is 369 g/mol. The van der Waals surface area contributed by atoms with E-state index in [-0.39, 0.29) is 0 Å². The molecule has 4 nitrogen and oxygen atoms in total. The zero-order valence-electron chi connectivity index (χ0n) is 12.3. The van der Waals surface area contributed by atoms with E-state index in [0.29, 0.717) is 22.2 Å². The molecule has 1 atom stereocenters. The number of nitrogens with zero attached hydrogens (tertiary/aromatic N) is 2. The standard InChI is InChI=1S/C16H14Cl2N2O2S/c1-23(21,22)20-16(13-4-2-3-5-14(13)18)10-15(19-20)11-6-8-12(17)9-7-11/h2-9,16H,10H2,1H3. The maximum Gasteiger partial charge on any atom is 0.247 e. The summed E-state index contributed by atoms with van der Waals surface area (Å²) >= 11 is 12.1. The van der Waals surface area contributed by atoms with E-state index in [1.165, 1.54) is 0 Å². The smallest absolute Gasteiger partial charge is 0.205 e. The maximum absolute atomic E-state index is 12.1. The van der Waals surface area contributed by atoms with Gasteiger partial charge in [0.1, 0.15) is 0 Å². The molecule has 2 aromatic rings. The molecule has 0 aliphatic carbocycles. The van der Waals surface area contributed by atoms with Gasteiger partial charge in [0.2, 0.25) is 10.0 Å². The van der Waals surface area contributed by atoms with Gasteiger partial charge in [0.05, 0.1) is 18.0 Å². The Bertz CT molecular complexity index is 864. The van der Waals surface area contributed by atoms with E-state index < -0.39 is 16.1 Å². The second kappa shape index (κ2) is 6.15. The summed E-state index contributed by atoms with van der Waals surface area (Å²) in [6.45, 7) is 0. The summed E-state index contributed by atoms with van der Waals surface area (Å²) in [5, 5.41) is 5.47. The molecule has 3 rings (SSSR count). The lowest BCUT2D eigenvalue weighted by molar-refractivity contribution is 0.375. The molecule has 0 saturated heterocycles. The van der Waals surface area contributed by atoms with Gasteiger partial charge in [-0.1, -0.05) is 53.5 Å². The van der Waals surface area contributed by atoms with Crippen molar-refractivity contribution < 1.29 is 8.42 Å². The van der Waals surface area contributed by atoms with Gasteiger partial charge in [0.15, 0.2) is 0 Å². The molecular weight excluding hydrogens is 355 g/mol. The van der Waals surface area contributed by atoms with Crippen molar-refractivity contribution >= 4 is 38.9 Å². The van der Waals surface area contributed by atoms with Crippen LogP contribution in [0.25, 0.3) is 0 Å². The quantitative estimate of drug-likeness (QED) is 0.818. The van der Waals surface area contributed by atoms with E-state index >= 15 is 0 Å². The Balaban J connectivity index is 2.03. The topological polar surface area (TPSA) is 49.7 Å². The first-order valence-corrected chi connectivity index (χ1v) is 9.54. The lowest BCUT2D eigenvalue weighted by Crippen LogP contribution is -2.26. The highest BCUT2D eigenvalue weighted by atomic mass is 35.5. The number of hydrazone groups is 1. The van der Waals surface area contributed by atoms with Gasteiger partial charge >= 0.3 is 0 Å². The van der Waals surface area contributed by atoms with Crippen LogP contribution in [0.1, 0.15) is 23.6 Å². The van der Waals surface area contributed by atoms with Gasteiger partial charge in [-0.05, 0) is 29.3 Å². The first-order chi connectivity index (χ1) is 10.9.